The molecule has 0 aromatic heterocycles. The number of guanidine groups is 1. The number of hydrogen-bond donors (Lipinski definition) is 4. The number of halogens is 1. The zero-order valence-corrected chi connectivity index (χ0v) is 12.9. The van der Waals surface area contributed by atoms with E-state index in [1.807, 2.05) is 26.0 Å². The SMILES string of the molecule is CC1(C)Nc2ccc(NC3=NCCN3)c(Br)c2NC1=O. The van der Waals surface area contributed by atoms with Crippen LogP contribution in [0.4, 0.5) is 17.1 Å². The molecular weight excluding hydrogens is 322 g/mol. The molecule has 6 nitrogen and oxygen atoms in total. The summed E-state index contributed by atoms with van der Waals surface area (Å²) in [6, 6.07) is 3.89. The third kappa shape index (κ3) is 2.22. The van der Waals surface area contributed by atoms with Gasteiger partial charge in [-0.3, -0.25) is 9.79 Å². The first kappa shape index (κ1) is 13.2. The molecule has 0 bridgehead atoms. The Hall–Kier alpha value is -1.76. The average Bonchev–Trinajstić information content (AvgIpc) is 2.88. The normalized spacial score (nSPS) is 19.4. The fourth-order valence-corrected chi connectivity index (χ4v) is 2.72. The number of amides is 1. The van der Waals surface area contributed by atoms with Gasteiger partial charge in [0.2, 0.25) is 5.91 Å². The monoisotopic (exact) mass is 337 g/mol. The summed E-state index contributed by atoms with van der Waals surface area (Å²) in [5, 5.41) is 12.5. The summed E-state index contributed by atoms with van der Waals surface area (Å²) >= 11 is 3.54. The number of carbonyl (C=O) groups is 1. The smallest absolute Gasteiger partial charge is 0.249 e. The number of nitrogens with one attached hydrogen (secondary N) is 4. The van der Waals surface area contributed by atoms with Crippen molar-refractivity contribution >= 4 is 44.9 Å². The van der Waals surface area contributed by atoms with Crippen LogP contribution in [0.5, 0.6) is 0 Å². The molecule has 106 valence electrons. The van der Waals surface area contributed by atoms with Crippen molar-refractivity contribution < 1.29 is 4.79 Å². The fraction of sp³-hybridized carbons (Fsp3) is 0.385. The van der Waals surface area contributed by atoms with Crippen molar-refractivity contribution in [3.63, 3.8) is 0 Å². The number of rotatable bonds is 1. The molecule has 0 aliphatic carbocycles. The molecule has 0 atom stereocenters. The van der Waals surface area contributed by atoms with E-state index in [0.717, 1.165) is 40.6 Å². The quantitative estimate of drug-likeness (QED) is 0.631. The Morgan fingerprint density at radius 1 is 1.40 bits per heavy atom. The highest BCUT2D eigenvalue weighted by Gasteiger charge is 2.34. The molecule has 0 saturated heterocycles. The molecule has 2 heterocycles. The topological polar surface area (TPSA) is 77.6 Å². The molecule has 4 N–H and O–H groups in total. The van der Waals surface area contributed by atoms with Crippen molar-refractivity contribution in [1.82, 2.24) is 5.32 Å². The molecule has 0 spiro atoms. The van der Waals surface area contributed by atoms with Crippen molar-refractivity contribution in [2.45, 2.75) is 19.4 Å². The standard InChI is InChI=1S/C13H16BrN5O/c1-13(2)11(20)18-10-8(19-13)4-3-7(9(10)14)17-12-15-5-6-16-12/h3-4,19H,5-6H2,1-2H3,(H,18,20)(H2,15,16,17). The summed E-state index contributed by atoms with van der Waals surface area (Å²) in [6.07, 6.45) is 0. The van der Waals surface area contributed by atoms with Crippen molar-refractivity contribution in [1.29, 1.82) is 0 Å². The van der Waals surface area contributed by atoms with Gasteiger partial charge in [-0.15, -0.1) is 0 Å². The van der Waals surface area contributed by atoms with Gasteiger partial charge in [0.25, 0.3) is 0 Å². The van der Waals surface area contributed by atoms with E-state index in [1.165, 1.54) is 0 Å². The first-order valence-electron chi connectivity index (χ1n) is 6.45. The van der Waals surface area contributed by atoms with Crippen LogP contribution in [0.1, 0.15) is 13.8 Å². The predicted octanol–water partition coefficient (Wildman–Crippen LogP) is 1.96. The minimum Gasteiger partial charge on any atom is -0.370 e. The third-order valence-electron chi connectivity index (χ3n) is 3.32. The van der Waals surface area contributed by atoms with Crippen LogP contribution in [0.25, 0.3) is 0 Å². The van der Waals surface area contributed by atoms with E-state index in [9.17, 15) is 4.79 Å². The predicted molar refractivity (Wildman–Crippen MR) is 84.4 cm³/mol. The van der Waals surface area contributed by atoms with Crippen molar-refractivity contribution in [3.05, 3.63) is 16.6 Å². The van der Waals surface area contributed by atoms with Crippen LogP contribution in [0.3, 0.4) is 0 Å². The number of carbonyl (C=O) groups excluding carboxylic acids is 1. The highest BCUT2D eigenvalue weighted by atomic mass is 79.9. The summed E-state index contributed by atoms with van der Waals surface area (Å²) in [4.78, 5) is 16.3. The lowest BCUT2D eigenvalue weighted by atomic mass is 10.00. The second-order valence-electron chi connectivity index (χ2n) is 5.34. The van der Waals surface area contributed by atoms with Gasteiger partial charge in [-0.25, -0.2) is 0 Å². The Labute approximate surface area is 125 Å². The van der Waals surface area contributed by atoms with Gasteiger partial charge in [0.1, 0.15) is 5.54 Å². The van der Waals surface area contributed by atoms with Crippen LogP contribution in [0.15, 0.2) is 21.6 Å². The van der Waals surface area contributed by atoms with E-state index >= 15 is 0 Å². The minimum atomic E-state index is -0.613. The Balaban J connectivity index is 1.93. The molecular formula is C13H16BrN5O. The number of hydrogen-bond acceptors (Lipinski definition) is 5. The first-order chi connectivity index (χ1) is 9.47. The van der Waals surface area contributed by atoms with Gasteiger partial charge in [0.05, 0.1) is 28.1 Å². The van der Waals surface area contributed by atoms with E-state index < -0.39 is 5.54 Å². The molecule has 2 aliphatic rings. The van der Waals surface area contributed by atoms with E-state index in [-0.39, 0.29) is 5.91 Å². The van der Waals surface area contributed by atoms with Crippen LogP contribution in [0.2, 0.25) is 0 Å². The maximum absolute atomic E-state index is 12.0. The Kier molecular flexibility index (Phi) is 3.08. The summed E-state index contributed by atoms with van der Waals surface area (Å²) in [7, 11) is 0. The molecule has 1 amide bonds. The van der Waals surface area contributed by atoms with Gasteiger partial charge in [-0.1, -0.05) is 0 Å². The number of nitrogens with zero attached hydrogens (tertiary/aromatic N) is 1. The highest BCUT2D eigenvalue weighted by molar-refractivity contribution is 9.10. The summed E-state index contributed by atoms with van der Waals surface area (Å²) in [5.74, 6) is 0.695. The molecule has 1 aromatic carbocycles. The van der Waals surface area contributed by atoms with Crippen LogP contribution in [0, 0.1) is 0 Å². The molecule has 0 radical (unpaired) electrons. The molecule has 7 heteroatoms. The Bertz CT molecular complexity index is 611. The van der Waals surface area contributed by atoms with E-state index in [4.69, 9.17) is 0 Å². The molecule has 0 unspecified atom stereocenters. The highest BCUT2D eigenvalue weighted by Crippen LogP contribution is 2.40. The summed E-state index contributed by atoms with van der Waals surface area (Å²) < 4.78 is 0.808. The van der Waals surface area contributed by atoms with Crippen LogP contribution < -0.4 is 21.3 Å². The zero-order valence-electron chi connectivity index (χ0n) is 11.3. The second kappa shape index (κ2) is 4.66. The minimum absolute atomic E-state index is 0.0563. The van der Waals surface area contributed by atoms with Gasteiger partial charge < -0.3 is 21.3 Å². The first-order valence-corrected chi connectivity index (χ1v) is 7.24. The van der Waals surface area contributed by atoms with Gasteiger partial charge in [-0.2, -0.15) is 0 Å². The number of benzene rings is 1. The summed E-state index contributed by atoms with van der Waals surface area (Å²) in [5.41, 5.74) is 1.89. The maximum Gasteiger partial charge on any atom is 0.249 e. The lowest BCUT2D eigenvalue weighted by Gasteiger charge is -2.33. The lowest BCUT2D eigenvalue weighted by molar-refractivity contribution is -0.119. The zero-order chi connectivity index (χ0) is 14.3. The van der Waals surface area contributed by atoms with E-state index in [2.05, 4.69) is 42.2 Å². The Morgan fingerprint density at radius 3 is 2.90 bits per heavy atom. The lowest BCUT2D eigenvalue weighted by Crippen LogP contribution is -2.47. The number of anilines is 3. The Morgan fingerprint density at radius 2 is 2.20 bits per heavy atom. The molecule has 0 fully saturated rings. The summed E-state index contributed by atoms with van der Waals surface area (Å²) in [6.45, 7) is 5.32. The fourth-order valence-electron chi connectivity index (χ4n) is 2.17. The van der Waals surface area contributed by atoms with Crippen molar-refractivity contribution in [3.8, 4) is 0 Å². The third-order valence-corrected chi connectivity index (χ3v) is 4.15. The molecule has 0 saturated carbocycles. The van der Waals surface area contributed by atoms with Crippen LogP contribution in [-0.4, -0.2) is 30.5 Å². The van der Waals surface area contributed by atoms with Gasteiger partial charge in [0.15, 0.2) is 5.96 Å². The molecule has 2 aliphatic heterocycles. The second-order valence-corrected chi connectivity index (χ2v) is 6.13. The van der Waals surface area contributed by atoms with Crippen LogP contribution in [-0.2, 0) is 4.79 Å². The van der Waals surface area contributed by atoms with Crippen LogP contribution >= 0.6 is 15.9 Å². The van der Waals surface area contributed by atoms with Gasteiger partial charge >= 0.3 is 0 Å². The average molecular weight is 338 g/mol. The molecule has 20 heavy (non-hydrogen) atoms. The maximum atomic E-state index is 12.0. The van der Waals surface area contributed by atoms with Crippen molar-refractivity contribution in [2.75, 3.05) is 29.0 Å². The van der Waals surface area contributed by atoms with E-state index in [1.54, 1.807) is 0 Å². The van der Waals surface area contributed by atoms with E-state index in [0.29, 0.717) is 0 Å². The number of fused-ring (bicyclic) bond motifs is 1. The largest absolute Gasteiger partial charge is 0.370 e. The number of aliphatic imine (C=N–C) groups is 1. The molecule has 1 aromatic rings. The van der Waals surface area contributed by atoms with Gasteiger partial charge in [0, 0.05) is 6.54 Å². The van der Waals surface area contributed by atoms with Crippen molar-refractivity contribution in [2.24, 2.45) is 4.99 Å². The van der Waals surface area contributed by atoms with Gasteiger partial charge in [-0.05, 0) is 41.9 Å². The molecule has 3 rings (SSSR count).